The van der Waals surface area contributed by atoms with Gasteiger partial charge in [0.25, 0.3) is 0 Å². The third kappa shape index (κ3) is 3.50. The Morgan fingerprint density at radius 2 is 2.23 bits per heavy atom. The summed E-state index contributed by atoms with van der Waals surface area (Å²) in [7, 11) is 0. The van der Waals surface area contributed by atoms with Crippen molar-refractivity contribution in [1.29, 1.82) is 0 Å². The average molecular weight is 440 g/mol. The molecule has 0 bridgehead atoms. The lowest BCUT2D eigenvalue weighted by Crippen LogP contribution is -2.18. The third-order valence-corrected chi connectivity index (χ3v) is 4.97. The standard InChI is InChI=1S/C17H12BrF2N3O2S/c1-2-5-26(25)23-13-4-3-12(19)14(15(13)20)16(24)11-8-22-17-10(11)6-9(18)7-21-17/h2-4,6-8,23H,1,5H2,(H,21,22). The zero-order valence-corrected chi connectivity index (χ0v) is 15.6. The maximum atomic E-state index is 14.7. The van der Waals surface area contributed by atoms with E-state index in [1.54, 1.807) is 6.07 Å². The monoisotopic (exact) mass is 439 g/mol. The normalized spacial score (nSPS) is 12.2. The van der Waals surface area contributed by atoms with E-state index in [-0.39, 0.29) is 17.0 Å². The molecule has 0 aliphatic heterocycles. The Morgan fingerprint density at radius 1 is 1.46 bits per heavy atom. The summed E-state index contributed by atoms with van der Waals surface area (Å²) in [6.07, 6.45) is 4.28. The number of hydrogen-bond donors (Lipinski definition) is 2. The molecule has 0 saturated heterocycles. The van der Waals surface area contributed by atoms with E-state index in [1.165, 1.54) is 18.5 Å². The van der Waals surface area contributed by atoms with Gasteiger partial charge in [0.1, 0.15) is 22.9 Å². The molecule has 0 aliphatic rings. The van der Waals surface area contributed by atoms with Gasteiger partial charge in [0, 0.05) is 27.8 Å². The Morgan fingerprint density at radius 3 is 2.96 bits per heavy atom. The van der Waals surface area contributed by atoms with E-state index in [4.69, 9.17) is 0 Å². The zero-order valence-electron chi connectivity index (χ0n) is 13.2. The van der Waals surface area contributed by atoms with Crippen molar-refractivity contribution in [3.8, 4) is 0 Å². The smallest absolute Gasteiger partial charge is 0.201 e. The molecule has 134 valence electrons. The quantitative estimate of drug-likeness (QED) is 0.344. The minimum absolute atomic E-state index is 0.0717. The highest BCUT2D eigenvalue weighted by molar-refractivity contribution is 9.10. The van der Waals surface area contributed by atoms with Crippen LogP contribution in [0.1, 0.15) is 15.9 Å². The Kier molecular flexibility index (Phi) is 5.40. The lowest BCUT2D eigenvalue weighted by molar-refractivity contribution is 0.103. The van der Waals surface area contributed by atoms with Crippen LogP contribution >= 0.6 is 15.9 Å². The number of nitrogens with zero attached hydrogens (tertiary/aromatic N) is 1. The molecule has 0 spiro atoms. The van der Waals surface area contributed by atoms with Crippen LogP contribution < -0.4 is 4.72 Å². The lowest BCUT2D eigenvalue weighted by atomic mass is 10.0. The van der Waals surface area contributed by atoms with Gasteiger partial charge in [-0.3, -0.25) is 4.79 Å². The summed E-state index contributed by atoms with van der Waals surface area (Å²) in [5, 5.41) is 0.428. The van der Waals surface area contributed by atoms with Crippen molar-refractivity contribution in [3.05, 3.63) is 70.5 Å². The Bertz CT molecular complexity index is 1010. The molecule has 9 heteroatoms. The first-order chi connectivity index (χ1) is 12.4. The summed E-state index contributed by atoms with van der Waals surface area (Å²) >= 11 is 1.62. The van der Waals surface area contributed by atoms with E-state index in [0.717, 1.165) is 12.1 Å². The average Bonchev–Trinajstić information content (AvgIpc) is 3.00. The number of anilines is 1. The van der Waals surface area contributed by atoms with Crippen LogP contribution in [-0.4, -0.2) is 26.1 Å². The summed E-state index contributed by atoms with van der Waals surface area (Å²) in [4.78, 5) is 19.7. The number of fused-ring (bicyclic) bond motifs is 1. The first-order valence-electron chi connectivity index (χ1n) is 7.33. The van der Waals surface area contributed by atoms with Gasteiger partial charge >= 0.3 is 0 Å². The largest absolute Gasteiger partial charge is 0.593 e. The molecule has 2 N–H and O–H groups in total. The van der Waals surface area contributed by atoms with Crippen molar-refractivity contribution in [2.75, 3.05) is 10.5 Å². The Labute approximate surface area is 159 Å². The first kappa shape index (κ1) is 18.6. The van der Waals surface area contributed by atoms with Crippen LogP contribution in [0.4, 0.5) is 14.5 Å². The van der Waals surface area contributed by atoms with E-state index in [1.807, 2.05) is 0 Å². The van der Waals surface area contributed by atoms with Gasteiger partial charge in [-0.2, -0.15) is 0 Å². The molecule has 2 aromatic heterocycles. The fourth-order valence-corrected chi connectivity index (χ4v) is 3.44. The number of pyridine rings is 1. The van der Waals surface area contributed by atoms with E-state index in [0.29, 0.717) is 15.5 Å². The molecule has 0 radical (unpaired) electrons. The maximum absolute atomic E-state index is 14.7. The number of benzene rings is 1. The molecule has 3 aromatic rings. The van der Waals surface area contributed by atoms with E-state index in [2.05, 4.69) is 37.2 Å². The Hall–Kier alpha value is -2.23. The van der Waals surface area contributed by atoms with Gasteiger partial charge in [0.2, 0.25) is 5.78 Å². The van der Waals surface area contributed by atoms with Crippen molar-refractivity contribution >= 4 is 49.8 Å². The number of carbonyl (C=O) groups is 1. The Balaban J connectivity index is 2.06. The molecule has 1 unspecified atom stereocenters. The molecule has 1 aromatic carbocycles. The third-order valence-electron chi connectivity index (χ3n) is 3.55. The van der Waals surface area contributed by atoms with Crippen LogP contribution in [0.15, 0.2) is 47.7 Å². The first-order valence-corrected chi connectivity index (χ1v) is 9.44. The molecule has 2 heterocycles. The van der Waals surface area contributed by atoms with Gasteiger partial charge in [0.15, 0.2) is 5.82 Å². The molecule has 3 rings (SSSR count). The summed E-state index contributed by atoms with van der Waals surface area (Å²) < 4.78 is 43.7. The molecular weight excluding hydrogens is 428 g/mol. The number of halogens is 3. The van der Waals surface area contributed by atoms with Gasteiger partial charge in [-0.05, 0) is 40.2 Å². The van der Waals surface area contributed by atoms with E-state index >= 15 is 0 Å². The molecule has 0 fully saturated rings. The number of rotatable bonds is 6. The van der Waals surface area contributed by atoms with Crippen molar-refractivity contribution in [3.63, 3.8) is 0 Å². The van der Waals surface area contributed by atoms with Gasteiger partial charge in [-0.25, -0.2) is 18.5 Å². The summed E-state index contributed by atoms with van der Waals surface area (Å²) in [5.41, 5.74) is -0.463. The number of ketones is 1. The highest BCUT2D eigenvalue weighted by Crippen LogP contribution is 2.28. The molecule has 1 atom stereocenters. The number of hydrogen-bond acceptors (Lipinski definition) is 4. The second kappa shape index (κ2) is 7.56. The highest BCUT2D eigenvalue weighted by atomic mass is 79.9. The van der Waals surface area contributed by atoms with Crippen LogP contribution in [-0.2, 0) is 11.4 Å². The van der Waals surface area contributed by atoms with Crippen molar-refractivity contribution in [1.82, 2.24) is 9.97 Å². The molecular formula is C17H12BrF2N3O2S. The van der Waals surface area contributed by atoms with Crippen LogP contribution in [0, 0.1) is 11.6 Å². The number of H-pyrrole nitrogens is 1. The van der Waals surface area contributed by atoms with Crippen LogP contribution in [0.25, 0.3) is 11.0 Å². The predicted octanol–water partition coefficient (Wildman–Crippen LogP) is 4.10. The molecule has 26 heavy (non-hydrogen) atoms. The number of nitrogens with one attached hydrogen (secondary N) is 2. The van der Waals surface area contributed by atoms with Crippen LogP contribution in [0.3, 0.4) is 0 Å². The number of aromatic amines is 1. The fraction of sp³-hybridized carbons (Fsp3) is 0.0588. The second-order valence-corrected chi connectivity index (χ2v) is 7.41. The minimum atomic E-state index is -1.64. The second-order valence-electron chi connectivity index (χ2n) is 5.27. The van der Waals surface area contributed by atoms with Crippen molar-refractivity contribution in [2.45, 2.75) is 0 Å². The lowest BCUT2D eigenvalue weighted by Gasteiger charge is -2.13. The fourth-order valence-electron chi connectivity index (χ4n) is 2.41. The highest BCUT2D eigenvalue weighted by Gasteiger charge is 2.25. The minimum Gasteiger partial charge on any atom is -0.593 e. The van der Waals surface area contributed by atoms with Gasteiger partial charge in [-0.1, -0.05) is 6.58 Å². The van der Waals surface area contributed by atoms with Gasteiger partial charge in [-0.15, -0.1) is 0 Å². The molecule has 5 nitrogen and oxygen atoms in total. The van der Waals surface area contributed by atoms with Gasteiger partial charge in [0.05, 0.1) is 16.9 Å². The van der Waals surface area contributed by atoms with Crippen molar-refractivity contribution < 1.29 is 18.1 Å². The summed E-state index contributed by atoms with van der Waals surface area (Å²) in [6.45, 7) is 3.44. The SMILES string of the molecule is C=CC[S+]([O-])Nc1ccc(F)c(C(=O)c2c[nH]c3ncc(Br)cc23)c1F. The molecule has 0 saturated carbocycles. The number of aromatic nitrogens is 2. The maximum Gasteiger partial charge on any atom is 0.201 e. The van der Waals surface area contributed by atoms with E-state index < -0.39 is 34.3 Å². The van der Waals surface area contributed by atoms with Crippen LogP contribution in [0.2, 0.25) is 0 Å². The summed E-state index contributed by atoms with van der Waals surface area (Å²) in [6, 6.07) is 3.67. The van der Waals surface area contributed by atoms with Gasteiger partial charge < -0.3 is 9.54 Å². The number of carbonyl (C=O) groups excluding carboxylic acids is 1. The molecule has 0 amide bonds. The van der Waals surface area contributed by atoms with Crippen molar-refractivity contribution in [2.24, 2.45) is 0 Å². The topological polar surface area (TPSA) is 80.8 Å². The molecule has 0 aliphatic carbocycles. The van der Waals surface area contributed by atoms with E-state index in [9.17, 15) is 18.1 Å². The zero-order chi connectivity index (χ0) is 18.8. The predicted molar refractivity (Wildman–Crippen MR) is 100 cm³/mol. The van der Waals surface area contributed by atoms with Crippen LogP contribution in [0.5, 0.6) is 0 Å². The summed E-state index contributed by atoms with van der Waals surface area (Å²) in [5.74, 6) is -2.89.